The van der Waals surface area contributed by atoms with E-state index in [1.165, 1.54) is 12.1 Å². The van der Waals surface area contributed by atoms with Crippen molar-refractivity contribution < 1.29 is 13.9 Å². The monoisotopic (exact) mass is 340 g/mol. The molecule has 4 nitrogen and oxygen atoms in total. The zero-order chi connectivity index (χ0) is 18.0. The SMILES string of the molecule is COc1ccc(CNC(=O)C(C)(C)c2c[nH]c3ccc(F)cc23)cc1. The van der Waals surface area contributed by atoms with Crippen molar-refractivity contribution >= 4 is 16.8 Å². The maximum Gasteiger partial charge on any atom is 0.230 e. The summed E-state index contributed by atoms with van der Waals surface area (Å²) in [6, 6.07) is 12.1. The molecule has 3 aromatic rings. The number of carbonyl (C=O) groups is 1. The van der Waals surface area contributed by atoms with Gasteiger partial charge in [0.2, 0.25) is 5.91 Å². The first-order valence-corrected chi connectivity index (χ1v) is 8.10. The molecule has 0 unspecified atom stereocenters. The smallest absolute Gasteiger partial charge is 0.230 e. The molecule has 130 valence electrons. The van der Waals surface area contributed by atoms with Gasteiger partial charge in [0.15, 0.2) is 0 Å². The topological polar surface area (TPSA) is 54.1 Å². The number of nitrogens with one attached hydrogen (secondary N) is 2. The number of carbonyl (C=O) groups excluding carboxylic acids is 1. The molecule has 3 rings (SSSR count). The molecular formula is C20H21FN2O2. The second kappa shape index (κ2) is 6.59. The Kier molecular flexibility index (Phi) is 4.49. The fraction of sp³-hybridized carbons (Fsp3) is 0.250. The van der Waals surface area contributed by atoms with Crippen LogP contribution in [-0.4, -0.2) is 18.0 Å². The predicted molar refractivity (Wildman–Crippen MR) is 96.1 cm³/mol. The van der Waals surface area contributed by atoms with E-state index in [1.54, 1.807) is 19.4 Å². The van der Waals surface area contributed by atoms with Gasteiger partial charge < -0.3 is 15.0 Å². The molecule has 0 radical (unpaired) electrons. The summed E-state index contributed by atoms with van der Waals surface area (Å²) in [7, 11) is 1.61. The molecule has 25 heavy (non-hydrogen) atoms. The Bertz CT molecular complexity index is 898. The third-order valence-electron chi connectivity index (χ3n) is 4.50. The Labute approximate surface area is 146 Å². The van der Waals surface area contributed by atoms with Crippen LogP contribution in [0.4, 0.5) is 4.39 Å². The lowest BCUT2D eigenvalue weighted by molar-refractivity contribution is -0.125. The van der Waals surface area contributed by atoms with Gasteiger partial charge in [0.05, 0.1) is 12.5 Å². The van der Waals surface area contributed by atoms with Gasteiger partial charge in [0.1, 0.15) is 11.6 Å². The lowest BCUT2D eigenvalue weighted by atomic mass is 9.83. The number of aromatic amines is 1. The maximum absolute atomic E-state index is 13.6. The molecule has 0 aliphatic heterocycles. The quantitative estimate of drug-likeness (QED) is 0.740. The molecule has 0 atom stereocenters. The molecule has 0 bridgehead atoms. The van der Waals surface area contributed by atoms with Gasteiger partial charge in [-0.05, 0) is 55.3 Å². The minimum Gasteiger partial charge on any atom is -0.497 e. The van der Waals surface area contributed by atoms with Crippen LogP contribution in [0, 0.1) is 5.82 Å². The Morgan fingerprint density at radius 2 is 1.92 bits per heavy atom. The first-order valence-electron chi connectivity index (χ1n) is 8.10. The molecule has 0 saturated carbocycles. The third-order valence-corrected chi connectivity index (χ3v) is 4.50. The van der Waals surface area contributed by atoms with Crippen molar-refractivity contribution in [3.8, 4) is 5.75 Å². The van der Waals surface area contributed by atoms with Crippen LogP contribution in [0.1, 0.15) is 25.0 Å². The summed E-state index contributed by atoms with van der Waals surface area (Å²) in [5.74, 6) is 0.340. The number of hydrogen-bond acceptors (Lipinski definition) is 2. The summed E-state index contributed by atoms with van der Waals surface area (Å²) in [4.78, 5) is 15.8. The fourth-order valence-electron chi connectivity index (χ4n) is 2.88. The zero-order valence-corrected chi connectivity index (χ0v) is 14.5. The van der Waals surface area contributed by atoms with Crippen molar-refractivity contribution in [3.63, 3.8) is 0 Å². The lowest BCUT2D eigenvalue weighted by Gasteiger charge is -2.23. The minimum absolute atomic E-state index is 0.117. The van der Waals surface area contributed by atoms with Gasteiger partial charge >= 0.3 is 0 Å². The van der Waals surface area contributed by atoms with Crippen molar-refractivity contribution in [2.24, 2.45) is 0 Å². The first-order chi connectivity index (χ1) is 11.9. The second-order valence-corrected chi connectivity index (χ2v) is 6.55. The van der Waals surface area contributed by atoms with E-state index in [0.29, 0.717) is 6.54 Å². The molecule has 1 amide bonds. The van der Waals surface area contributed by atoms with Crippen molar-refractivity contribution in [1.82, 2.24) is 10.3 Å². The number of aromatic nitrogens is 1. The highest BCUT2D eigenvalue weighted by Crippen LogP contribution is 2.31. The van der Waals surface area contributed by atoms with Crippen molar-refractivity contribution in [2.75, 3.05) is 7.11 Å². The molecule has 1 heterocycles. The number of hydrogen-bond donors (Lipinski definition) is 2. The molecule has 2 N–H and O–H groups in total. The van der Waals surface area contributed by atoms with E-state index in [2.05, 4.69) is 10.3 Å². The average Bonchev–Trinajstić information content (AvgIpc) is 3.03. The number of methoxy groups -OCH3 is 1. The molecule has 2 aromatic carbocycles. The molecule has 1 aromatic heterocycles. The lowest BCUT2D eigenvalue weighted by Crippen LogP contribution is -2.39. The normalized spacial score (nSPS) is 11.5. The molecule has 0 aliphatic carbocycles. The van der Waals surface area contributed by atoms with Crippen LogP contribution in [-0.2, 0) is 16.8 Å². The Balaban J connectivity index is 1.78. The predicted octanol–water partition coefficient (Wildman–Crippen LogP) is 3.91. The summed E-state index contributed by atoms with van der Waals surface area (Å²) < 4.78 is 18.7. The van der Waals surface area contributed by atoms with Gasteiger partial charge in [-0.25, -0.2) is 4.39 Å². The standard InChI is InChI=1S/C20H21FN2O2/c1-20(2,17-12-22-18-9-6-14(21)10-16(17)18)19(24)23-11-13-4-7-15(25-3)8-5-13/h4-10,12,22H,11H2,1-3H3,(H,23,24). The van der Waals surface area contributed by atoms with Gasteiger partial charge in [0, 0.05) is 23.6 Å². The van der Waals surface area contributed by atoms with Crippen LogP contribution in [0.5, 0.6) is 5.75 Å². The number of benzene rings is 2. The highest BCUT2D eigenvalue weighted by molar-refractivity contribution is 5.94. The van der Waals surface area contributed by atoms with Gasteiger partial charge in [-0.1, -0.05) is 12.1 Å². The minimum atomic E-state index is -0.793. The summed E-state index contributed by atoms with van der Waals surface area (Å²) in [6.45, 7) is 4.09. The van der Waals surface area contributed by atoms with Crippen LogP contribution < -0.4 is 10.1 Å². The van der Waals surface area contributed by atoms with Gasteiger partial charge in [0.25, 0.3) is 0 Å². The van der Waals surface area contributed by atoms with E-state index in [-0.39, 0.29) is 11.7 Å². The van der Waals surface area contributed by atoms with E-state index in [4.69, 9.17) is 4.74 Å². The highest BCUT2D eigenvalue weighted by Gasteiger charge is 2.32. The zero-order valence-electron chi connectivity index (χ0n) is 14.5. The van der Waals surface area contributed by atoms with E-state index in [1.807, 2.05) is 38.1 Å². The van der Waals surface area contributed by atoms with Crippen molar-refractivity contribution in [1.29, 1.82) is 0 Å². The van der Waals surface area contributed by atoms with E-state index < -0.39 is 5.41 Å². The van der Waals surface area contributed by atoms with Crippen LogP contribution in [0.25, 0.3) is 10.9 Å². The van der Waals surface area contributed by atoms with Gasteiger partial charge in [-0.15, -0.1) is 0 Å². The number of fused-ring (bicyclic) bond motifs is 1. The molecule has 5 heteroatoms. The molecule has 0 spiro atoms. The van der Waals surface area contributed by atoms with Crippen molar-refractivity contribution in [3.05, 3.63) is 65.6 Å². The third kappa shape index (κ3) is 3.36. The van der Waals surface area contributed by atoms with Crippen LogP contribution in [0.3, 0.4) is 0 Å². The summed E-state index contributed by atoms with van der Waals surface area (Å²) in [5.41, 5.74) is 1.77. The number of rotatable bonds is 5. The van der Waals surface area contributed by atoms with Gasteiger partial charge in [-0.3, -0.25) is 4.79 Å². The maximum atomic E-state index is 13.6. The number of amides is 1. The number of H-pyrrole nitrogens is 1. The Morgan fingerprint density at radius 1 is 1.20 bits per heavy atom. The van der Waals surface area contributed by atoms with Crippen LogP contribution in [0.15, 0.2) is 48.7 Å². The molecule has 0 aliphatic rings. The second-order valence-electron chi connectivity index (χ2n) is 6.55. The van der Waals surface area contributed by atoms with Gasteiger partial charge in [-0.2, -0.15) is 0 Å². The van der Waals surface area contributed by atoms with E-state index in [0.717, 1.165) is 27.8 Å². The summed E-state index contributed by atoms with van der Waals surface area (Å²) >= 11 is 0. The molecule has 0 saturated heterocycles. The van der Waals surface area contributed by atoms with E-state index in [9.17, 15) is 9.18 Å². The largest absolute Gasteiger partial charge is 0.497 e. The van der Waals surface area contributed by atoms with Crippen LogP contribution >= 0.6 is 0 Å². The molecule has 0 fully saturated rings. The fourth-order valence-corrected chi connectivity index (χ4v) is 2.88. The Hall–Kier alpha value is -2.82. The highest BCUT2D eigenvalue weighted by atomic mass is 19.1. The number of ether oxygens (including phenoxy) is 1. The molecular weight excluding hydrogens is 319 g/mol. The van der Waals surface area contributed by atoms with Crippen molar-refractivity contribution in [2.45, 2.75) is 25.8 Å². The van der Waals surface area contributed by atoms with E-state index >= 15 is 0 Å². The van der Waals surface area contributed by atoms with Crippen LogP contribution in [0.2, 0.25) is 0 Å². The Morgan fingerprint density at radius 3 is 2.60 bits per heavy atom. The summed E-state index contributed by atoms with van der Waals surface area (Å²) in [5, 5.41) is 3.68. The first kappa shape index (κ1) is 17.0. The number of halogens is 1. The average molecular weight is 340 g/mol. The summed E-state index contributed by atoms with van der Waals surface area (Å²) in [6.07, 6.45) is 1.77.